The minimum Gasteiger partial charge on any atom is -0.364 e. The van der Waals surface area contributed by atoms with Gasteiger partial charge in [0.1, 0.15) is 5.69 Å². The number of nitrogens with one attached hydrogen (secondary N) is 1. The first-order valence-corrected chi connectivity index (χ1v) is 3.50. The summed E-state index contributed by atoms with van der Waals surface area (Å²) in [6, 6.07) is 0. The van der Waals surface area contributed by atoms with E-state index in [4.69, 9.17) is 11.5 Å². The molecule has 5 N–H and O–H groups in total. The van der Waals surface area contributed by atoms with Crippen molar-refractivity contribution in [3.8, 4) is 0 Å². The maximum atomic E-state index is 12.1. The number of carbonyl (C=O) groups excluding carboxylic acids is 2. The van der Waals surface area contributed by atoms with E-state index in [0.29, 0.717) is 0 Å². The van der Waals surface area contributed by atoms with Gasteiger partial charge in [0.15, 0.2) is 5.69 Å². The number of rotatable bonds is 2. The molecule has 0 aliphatic heterocycles. The molecule has 0 aromatic carbocycles. The van der Waals surface area contributed by atoms with Crippen LogP contribution in [0.25, 0.3) is 0 Å². The van der Waals surface area contributed by atoms with E-state index in [1.165, 1.54) is 0 Å². The number of alkyl halides is 3. The lowest BCUT2D eigenvalue weighted by atomic mass is 10.3. The topological polar surface area (TPSA) is 115 Å². The van der Waals surface area contributed by atoms with Crippen LogP contribution in [0.15, 0.2) is 0 Å². The molecule has 0 saturated carbocycles. The van der Waals surface area contributed by atoms with Crippen LogP contribution in [-0.2, 0) is 6.18 Å². The van der Waals surface area contributed by atoms with Crippen LogP contribution in [0.3, 0.4) is 0 Å². The molecule has 1 aromatic rings. The van der Waals surface area contributed by atoms with Crippen molar-refractivity contribution in [1.82, 2.24) is 9.97 Å². The lowest BCUT2D eigenvalue weighted by Gasteiger charge is -1.99. The molecular formula is C6H5F3N4O2. The smallest absolute Gasteiger partial charge is 0.364 e. The average Bonchev–Trinajstić information content (AvgIpc) is 2.45. The first-order chi connectivity index (χ1) is 6.73. The summed E-state index contributed by atoms with van der Waals surface area (Å²) in [5, 5.41) is 0. The van der Waals surface area contributed by atoms with Crippen LogP contribution in [0.1, 0.15) is 26.8 Å². The molecule has 0 bridgehead atoms. The molecule has 0 radical (unpaired) electrons. The number of nitrogens with zero attached hydrogens (tertiary/aromatic N) is 1. The van der Waals surface area contributed by atoms with Crippen molar-refractivity contribution in [3.63, 3.8) is 0 Å². The van der Waals surface area contributed by atoms with E-state index >= 15 is 0 Å². The molecule has 1 aromatic heterocycles. The van der Waals surface area contributed by atoms with E-state index in [1.54, 1.807) is 4.98 Å². The quantitative estimate of drug-likeness (QED) is 0.633. The van der Waals surface area contributed by atoms with Crippen molar-refractivity contribution in [2.75, 3.05) is 0 Å². The van der Waals surface area contributed by atoms with Crippen LogP contribution in [0.4, 0.5) is 13.2 Å². The summed E-state index contributed by atoms with van der Waals surface area (Å²) in [6.07, 6.45) is -4.81. The zero-order valence-electron chi connectivity index (χ0n) is 7.05. The Kier molecular flexibility index (Phi) is 2.39. The van der Waals surface area contributed by atoms with Crippen LogP contribution < -0.4 is 11.5 Å². The number of H-pyrrole nitrogens is 1. The summed E-state index contributed by atoms with van der Waals surface area (Å²) in [6.45, 7) is 0. The molecule has 1 heterocycles. The minimum atomic E-state index is -4.81. The highest BCUT2D eigenvalue weighted by atomic mass is 19.4. The Hall–Kier alpha value is -2.06. The first kappa shape index (κ1) is 11.0. The third-order valence-electron chi connectivity index (χ3n) is 1.45. The van der Waals surface area contributed by atoms with Crippen LogP contribution in [0.2, 0.25) is 0 Å². The van der Waals surface area contributed by atoms with Crippen LogP contribution >= 0.6 is 0 Å². The van der Waals surface area contributed by atoms with E-state index in [0.717, 1.165) is 0 Å². The monoisotopic (exact) mass is 222 g/mol. The van der Waals surface area contributed by atoms with Gasteiger partial charge in [-0.2, -0.15) is 13.2 Å². The number of aromatic nitrogens is 2. The summed E-state index contributed by atoms with van der Waals surface area (Å²) in [5.74, 6) is -4.01. The van der Waals surface area contributed by atoms with Gasteiger partial charge < -0.3 is 16.5 Å². The van der Waals surface area contributed by atoms with Crippen molar-refractivity contribution < 1.29 is 22.8 Å². The molecule has 1 rings (SSSR count). The summed E-state index contributed by atoms with van der Waals surface area (Å²) in [5.41, 5.74) is 7.86. The molecule has 0 fully saturated rings. The van der Waals surface area contributed by atoms with E-state index in [-0.39, 0.29) is 0 Å². The predicted octanol–water partition coefficient (Wildman–Crippen LogP) is -0.374. The van der Waals surface area contributed by atoms with Gasteiger partial charge in [-0.1, -0.05) is 0 Å². The maximum Gasteiger partial charge on any atom is 0.449 e. The normalized spacial score (nSPS) is 11.4. The minimum absolute atomic E-state index is 0.755. The number of imidazole rings is 1. The Balaban J connectivity index is 3.34. The van der Waals surface area contributed by atoms with Gasteiger partial charge in [0.05, 0.1) is 0 Å². The number of hydrogen-bond acceptors (Lipinski definition) is 3. The second-order valence-electron chi connectivity index (χ2n) is 2.54. The van der Waals surface area contributed by atoms with Crippen molar-refractivity contribution >= 4 is 11.8 Å². The highest BCUT2D eigenvalue weighted by molar-refractivity contribution is 6.03. The van der Waals surface area contributed by atoms with Gasteiger partial charge in [-0.25, -0.2) is 4.98 Å². The molecule has 2 amide bonds. The van der Waals surface area contributed by atoms with E-state index in [1.807, 2.05) is 0 Å². The third-order valence-corrected chi connectivity index (χ3v) is 1.45. The second kappa shape index (κ2) is 3.26. The number of hydrogen-bond donors (Lipinski definition) is 3. The first-order valence-electron chi connectivity index (χ1n) is 3.50. The van der Waals surface area contributed by atoms with Gasteiger partial charge in [0.2, 0.25) is 5.82 Å². The van der Waals surface area contributed by atoms with Gasteiger partial charge in [-0.3, -0.25) is 9.59 Å². The molecule has 0 atom stereocenters. The number of aromatic amines is 1. The lowest BCUT2D eigenvalue weighted by Crippen LogP contribution is -2.20. The summed E-state index contributed by atoms with van der Waals surface area (Å²) in [4.78, 5) is 25.7. The largest absolute Gasteiger partial charge is 0.449 e. The van der Waals surface area contributed by atoms with Gasteiger partial charge in [-0.05, 0) is 0 Å². The number of primary amides is 2. The molecular weight excluding hydrogens is 217 g/mol. The fraction of sp³-hybridized carbons (Fsp3) is 0.167. The summed E-state index contributed by atoms with van der Waals surface area (Å²) >= 11 is 0. The number of nitrogens with two attached hydrogens (primary N) is 2. The van der Waals surface area contributed by atoms with E-state index in [9.17, 15) is 22.8 Å². The molecule has 9 heteroatoms. The predicted molar refractivity (Wildman–Crippen MR) is 40.6 cm³/mol. The van der Waals surface area contributed by atoms with Crippen molar-refractivity contribution in [2.45, 2.75) is 6.18 Å². The zero-order chi connectivity index (χ0) is 11.8. The molecule has 0 spiro atoms. The Morgan fingerprint density at radius 1 is 1.20 bits per heavy atom. The Morgan fingerprint density at radius 2 is 1.73 bits per heavy atom. The standard InChI is InChI=1S/C6H5F3N4O2/c7-6(8,9)5-12-1(3(10)14)2(13-5)4(11)15/h(H2,10,14)(H2,11,15)(H,12,13). The molecule has 6 nitrogen and oxygen atoms in total. The molecule has 0 unspecified atom stereocenters. The Morgan fingerprint density at radius 3 is 2.00 bits per heavy atom. The van der Waals surface area contributed by atoms with Crippen LogP contribution in [-0.4, -0.2) is 21.8 Å². The highest BCUT2D eigenvalue weighted by Crippen LogP contribution is 2.27. The molecule has 82 valence electrons. The van der Waals surface area contributed by atoms with Crippen molar-refractivity contribution in [2.24, 2.45) is 11.5 Å². The second-order valence-corrected chi connectivity index (χ2v) is 2.54. The Bertz CT molecular complexity index is 391. The van der Waals surface area contributed by atoms with Gasteiger partial charge in [0.25, 0.3) is 11.8 Å². The van der Waals surface area contributed by atoms with Gasteiger partial charge >= 0.3 is 6.18 Å². The fourth-order valence-electron chi connectivity index (χ4n) is 0.864. The molecule has 0 aliphatic rings. The van der Waals surface area contributed by atoms with Gasteiger partial charge in [0, 0.05) is 0 Å². The van der Waals surface area contributed by atoms with E-state index in [2.05, 4.69) is 4.98 Å². The average molecular weight is 222 g/mol. The number of amides is 2. The van der Waals surface area contributed by atoms with Crippen LogP contribution in [0.5, 0.6) is 0 Å². The van der Waals surface area contributed by atoms with Crippen molar-refractivity contribution in [1.29, 1.82) is 0 Å². The van der Waals surface area contributed by atoms with E-state index < -0.39 is 35.2 Å². The summed E-state index contributed by atoms with van der Waals surface area (Å²) in [7, 11) is 0. The maximum absolute atomic E-state index is 12.1. The number of halogens is 3. The van der Waals surface area contributed by atoms with Crippen LogP contribution in [0, 0.1) is 0 Å². The molecule has 15 heavy (non-hydrogen) atoms. The third kappa shape index (κ3) is 2.06. The fourth-order valence-corrected chi connectivity index (χ4v) is 0.864. The SMILES string of the molecule is NC(=O)c1nc(C(F)(F)F)[nH]c1C(N)=O. The zero-order valence-corrected chi connectivity index (χ0v) is 7.05. The summed E-state index contributed by atoms with van der Waals surface area (Å²) < 4.78 is 36.3. The molecule has 0 saturated heterocycles. The number of carbonyl (C=O) groups is 2. The molecule has 0 aliphatic carbocycles. The Labute approximate surface area is 80.5 Å². The highest BCUT2D eigenvalue weighted by Gasteiger charge is 2.37. The van der Waals surface area contributed by atoms with Gasteiger partial charge in [-0.15, -0.1) is 0 Å². The lowest BCUT2D eigenvalue weighted by molar-refractivity contribution is -0.144. The van der Waals surface area contributed by atoms with Crippen molar-refractivity contribution in [3.05, 3.63) is 17.2 Å².